The molecule has 0 saturated heterocycles. The number of nitrogens with zero attached hydrogens (tertiary/aromatic N) is 3. The van der Waals surface area contributed by atoms with E-state index >= 15 is 0 Å². The Bertz CT molecular complexity index is 1170. The summed E-state index contributed by atoms with van der Waals surface area (Å²) in [6, 6.07) is 16.5. The summed E-state index contributed by atoms with van der Waals surface area (Å²) in [5, 5.41) is 12.8. The van der Waals surface area contributed by atoms with Gasteiger partial charge in [0.2, 0.25) is 11.7 Å². The number of nitrogens with one attached hydrogen (secondary N) is 1. The molecule has 30 heavy (non-hydrogen) atoms. The topological polar surface area (TPSA) is 73.0 Å². The third kappa shape index (κ3) is 4.53. The summed E-state index contributed by atoms with van der Waals surface area (Å²) in [6.45, 7) is 2.02. The lowest BCUT2D eigenvalue weighted by Crippen LogP contribution is -2.15. The van der Waals surface area contributed by atoms with Crippen LogP contribution in [0.25, 0.3) is 17.3 Å². The van der Waals surface area contributed by atoms with Gasteiger partial charge < -0.3 is 9.73 Å². The van der Waals surface area contributed by atoms with Crippen molar-refractivity contribution in [2.24, 2.45) is 0 Å². The van der Waals surface area contributed by atoms with E-state index in [1.807, 2.05) is 41.8 Å². The van der Waals surface area contributed by atoms with Gasteiger partial charge in [-0.15, -0.1) is 10.2 Å². The standard InChI is InChI=1S/C21H16Cl2N4O2S/c1-13-4-7-15(8-5-13)27-20(18-3-2-10-29-18)25-26-21(27)30-12-19(28)24-17-9-6-14(22)11-16(17)23/h2-11H,12H2,1H3,(H,24,28). The Labute approximate surface area is 187 Å². The molecule has 1 amide bonds. The maximum atomic E-state index is 12.5. The lowest BCUT2D eigenvalue weighted by atomic mass is 10.2. The number of amides is 1. The first-order valence-corrected chi connectivity index (χ1v) is 10.7. The fourth-order valence-corrected chi connectivity index (χ4v) is 3.97. The van der Waals surface area contributed by atoms with Crippen molar-refractivity contribution in [3.63, 3.8) is 0 Å². The van der Waals surface area contributed by atoms with Crippen LogP contribution in [0.4, 0.5) is 5.69 Å². The average molecular weight is 459 g/mol. The van der Waals surface area contributed by atoms with Crippen molar-refractivity contribution in [1.29, 1.82) is 0 Å². The highest BCUT2D eigenvalue weighted by molar-refractivity contribution is 7.99. The molecule has 0 aliphatic carbocycles. The summed E-state index contributed by atoms with van der Waals surface area (Å²) >= 11 is 13.3. The van der Waals surface area contributed by atoms with Crippen LogP contribution in [0.3, 0.4) is 0 Å². The zero-order valence-electron chi connectivity index (χ0n) is 15.8. The number of rotatable bonds is 6. The Balaban J connectivity index is 1.56. The lowest BCUT2D eigenvalue weighted by molar-refractivity contribution is -0.113. The van der Waals surface area contributed by atoms with Gasteiger partial charge >= 0.3 is 0 Å². The minimum absolute atomic E-state index is 0.126. The molecular formula is C21H16Cl2N4O2S. The van der Waals surface area contributed by atoms with Gasteiger partial charge in [0.15, 0.2) is 10.9 Å². The van der Waals surface area contributed by atoms with Crippen LogP contribution >= 0.6 is 35.0 Å². The predicted molar refractivity (Wildman–Crippen MR) is 120 cm³/mol. The number of aromatic nitrogens is 3. The van der Waals surface area contributed by atoms with Crippen LogP contribution in [-0.4, -0.2) is 26.4 Å². The third-order valence-corrected chi connectivity index (χ3v) is 5.68. The second-order valence-electron chi connectivity index (χ2n) is 6.42. The Kier molecular flexibility index (Phi) is 6.13. The first-order valence-electron chi connectivity index (χ1n) is 8.95. The first kappa shape index (κ1) is 20.5. The van der Waals surface area contributed by atoms with E-state index < -0.39 is 0 Å². The average Bonchev–Trinajstić information content (AvgIpc) is 3.39. The Morgan fingerprint density at radius 2 is 1.93 bits per heavy atom. The molecule has 0 radical (unpaired) electrons. The van der Waals surface area contributed by atoms with E-state index in [9.17, 15) is 4.79 Å². The molecule has 1 N–H and O–H groups in total. The molecule has 9 heteroatoms. The van der Waals surface area contributed by atoms with Crippen LogP contribution in [0.2, 0.25) is 10.0 Å². The van der Waals surface area contributed by atoms with Crippen molar-refractivity contribution in [3.8, 4) is 17.3 Å². The van der Waals surface area contributed by atoms with Crippen molar-refractivity contribution in [3.05, 3.63) is 76.5 Å². The highest BCUT2D eigenvalue weighted by atomic mass is 35.5. The molecule has 2 aromatic heterocycles. The molecule has 2 heterocycles. The van der Waals surface area contributed by atoms with Crippen LogP contribution in [0.5, 0.6) is 0 Å². The van der Waals surface area contributed by atoms with Crippen molar-refractivity contribution in [1.82, 2.24) is 14.8 Å². The second-order valence-corrected chi connectivity index (χ2v) is 8.20. The van der Waals surface area contributed by atoms with Crippen LogP contribution in [0.1, 0.15) is 5.56 Å². The highest BCUT2D eigenvalue weighted by Gasteiger charge is 2.19. The zero-order valence-corrected chi connectivity index (χ0v) is 18.1. The number of furan rings is 1. The van der Waals surface area contributed by atoms with Crippen LogP contribution < -0.4 is 5.32 Å². The molecule has 0 aliphatic heterocycles. The summed E-state index contributed by atoms with van der Waals surface area (Å²) in [7, 11) is 0. The molecule has 0 unspecified atom stereocenters. The minimum Gasteiger partial charge on any atom is -0.461 e. The fraction of sp³-hybridized carbons (Fsp3) is 0.0952. The number of aryl methyl sites for hydroxylation is 1. The van der Waals surface area contributed by atoms with Crippen molar-refractivity contribution in [2.45, 2.75) is 12.1 Å². The molecule has 0 atom stereocenters. The number of anilines is 1. The molecule has 0 aliphatic rings. The number of benzene rings is 2. The second kappa shape index (κ2) is 8.95. The van der Waals surface area contributed by atoms with E-state index in [0.29, 0.717) is 32.5 Å². The van der Waals surface area contributed by atoms with Crippen molar-refractivity contribution < 1.29 is 9.21 Å². The van der Waals surface area contributed by atoms with Crippen LogP contribution in [0, 0.1) is 6.92 Å². The number of carbonyl (C=O) groups is 1. The smallest absolute Gasteiger partial charge is 0.234 e. The summed E-state index contributed by atoms with van der Waals surface area (Å²) in [5.74, 6) is 1.06. The number of carbonyl (C=O) groups excluding carboxylic acids is 1. The molecule has 0 saturated carbocycles. The van der Waals surface area contributed by atoms with E-state index in [1.165, 1.54) is 11.8 Å². The van der Waals surface area contributed by atoms with Crippen LogP contribution in [0.15, 0.2) is 70.4 Å². The van der Waals surface area contributed by atoms with Gasteiger partial charge in [0, 0.05) is 10.7 Å². The third-order valence-electron chi connectivity index (χ3n) is 4.20. The Morgan fingerprint density at radius 3 is 2.63 bits per heavy atom. The molecule has 0 fully saturated rings. The number of halogens is 2. The van der Waals surface area contributed by atoms with Crippen LogP contribution in [-0.2, 0) is 4.79 Å². The lowest BCUT2D eigenvalue weighted by Gasteiger charge is -2.10. The molecule has 0 bridgehead atoms. The largest absolute Gasteiger partial charge is 0.461 e. The number of hydrogen-bond donors (Lipinski definition) is 1. The van der Waals surface area contributed by atoms with Gasteiger partial charge in [-0.3, -0.25) is 9.36 Å². The fourth-order valence-electron chi connectivity index (χ4n) is 2.76. The van der Waals surface area contributed by atoms with Gasteiger partial charge in [-0.1, -0.05) is 52.7 Å². The first-order chi connectivity index (χ1) is 14.5. The van der Waals surface area contributed by atoms with E-state index in [1.54, 1.807) is 30.5 Å². The van der Waals surface area contributed by atoms with Gasteiger partial charge in [0.05, 0.1) is 22.7 Å². The molecule has 4 aromatic rings. The van der Waals surface area contributed by atoms with Gasteiger partial charge in [-0.05, 0) is 49.4 Å². The highest BCUT2D eigenvalue weighted by Crippen LogP contribution is 2.29. The van der Waals surface area contributed by atoms with Gasteiger partial charge in [0.25, 0.3) is 0 Å². The molecular weight excluding hydrogens is 443 g/mol. The van der Waals surface area contributed by atoms with Crippen molar-refractivity contribution >= 4 is 46.6 Å². The zero-order chi connectivity index (χ0) is 21.1. The summed E-state index contributed by atoms with van der Waals surface area (Å²) < 4.78 is 7.38. The SMILES string of the molecule is Cc1ccc(-n2c(SCC(=O)Nc3ccc(Cl)cc3Cl)nnc2-c2ccco2)cc1. The molecule has 6 nitrogen and oxygen atoms in total. The summed E-state index contributed by atoms with van der Waals surface area (Å²) in [6.07, 6.45) is 1.58. The van der Waals surface area contributed by atoms with Gasteiger partial charge in [-0.25, -0.2) is 0 Å². The molecule has 4 rings (SSSR count). The van der Waals surface area contributed by atoms with E-state index in [-0.39, 0.29) is 11.7 Å². The quantitative estimate of drug-likeness (QED) is 0.365. The Morgan fingerprint density at radius 1 is 1.13 bits per heavy atom. The van der Waals surface area contributed by atoms with E-state index in [4.69, 9.17) is 27.6 Å². The molecule has 152 valence electrons. The molecule has 2 aromatic carbocycles. The monoisotopic (exact) mass is 458 g/mol. The summed E-state index contributed by atoms with van der Waals surface area (Å²) in [4.78, 5) is 12.5. The normalized spacial score (nSPS) is 10.9. The minimum atomic E-state index is -0.220. The summed E-state index contributed by atoms with van der Waals surface area (Å²) in [5.41, 5.74) is 2.52. The number of thioether (sulfide) groups is 1. The van der Waals surface area contributed by atoms with Gasteiger partial charge in [0.1, 0.15) is 0 Å². The maximum Gasteiger partial charge on any atom is 0.234 e. The maximum absolute atomic E-state index is 12.5. The van der Waals surface area contributed by atoms with Gasteiger partial charge in [-0.2, -0.15) is 0 Å². The van der Waals surface area contributed by atoms with E-state index in [0.717, 1.165) is 11.3 Å². The van der Waals surface area contributed by atoms with Crippen molar-refractivity contribution in [2.75, 3.05) is 11.1 Å². The predicted octanol–water partition coefficient (Wildman–Crippen LogP) is 5.87. The van der Waals surface area contributed by atoms with E-state index in [2.05, 4.69) is 15.5 Å². The Hall–Kier alpha value is -2.74. The molecule has 0 spiro atoms. The number of hydrogen-bond acceptors (Lipinski definition) is 5.